The fraction of sp³-hybridized carbons (Fsp3) is 1.00. The first-order valence-electron chi connectivity index (χ1n) is 4.13. The molecule has 0 aromatic carbocycles. The number of hydrogen-bond acceptors (Lipinski definition) is 2. The Labute approximate surface area is 61.5 Å². The lowest BCUT2D eigenvalue weighted by Crippen LogP contribution is -2.08. The van der Waals surface area contributed by atoms with E-state index in [1.807, 2.05) is 6.92 Å². The SMILES string of the molecule is CCOCC1C[C@@H]2O[C@@H]2C1. The van der Waals surface area contributed by atoms with Crippen LogP contribution in [0, 0.1) is 5.92 Å². The van der Waals surface area contributed by atoms with Gasteiger partial charge in [0.2, 0.25) is 0 Å². The number of fused-ring (bicyclic) bond motifs is 1. The van der Waals surface area contributed by atoms with E-state index in [2.05, 4.69) is 0 Å². The van der Waals surface area contributed by atoms with E-state index in [0.29, 0.717) is 12.2 Å². The predicted octanol–water partition coefficient (Wildman–Crippen LogP) is 1.20. The zero-order valence-corrected chi connectivity index (χ0v) is 6.38. The molecule has 1 aliphatic heterocycles. The van der Waals surface area contributed by atoms with Gasteiger partial charge in [-0.1, -0.05) is 0 Å². The van der Waals surface area contributed by atoms with Crippen LogP contribution in [0.4, 0.5) is 0 Å². The van der Waals surface area contributed by atoms with Crippen LogP contribution in [0.15, 0.2) is 0 Å². The second-order valence-corrected chi connectivity index (χ2v) is 3.21. The molecule has 0 aromatic heterocycles. The second-order valence-electron chi connectivity index (χ2n) is 3.21. The first-order chi connectivity index (χ1) is 4.90. The minimum Gasteiger partial charge on any atom is -0.381 e. The Bertz CT molecular complexity index is 114. The van der Waals surface area contributed by atoms with Gasteiger partial charge in [-0.2, -0.15) is 0 Å². The van der Waals surface area contributed by atoms with Gasteiger partial charge in [-0.25, -0.2) is 0 Å². The normalized spacial score (nSPS) is 43.5. The van der Waals surface area contributed by atoms with Crippen LogP contribution >= 0.6 is 0 Å². The van der Waals surface area contributed by atoms with Gasteiger partial charge in [0, 0.05) is 13.2 Å². The molecule has 0 radical (unpaired) electrons. The third kappa shape index (κ3) is 1.18. The standard InChI is InChI=1S/C8H14O2/c1-2-9-5-6-3-7-8(4-6)10-7/h6-8H,2-5H2,1H3/t6?,7-,8+. The van der Waals surface area contributed by atoms with Crippen molar-refractivity contribution in [2.24, 2.45) is 5.92 Å². The van der Waals surface area contributed by atoms with E-state index in [4.69, 9.17) is 9.47 Å². The van der Waals surface area contributed by atoms with Crippen LogP contribution in [0.1, 0.15) is 19.8 Å². The number of ether oxygens (including phenoxy) is 2. The van der Waals surface area contributed by atoms with Crippen LogP contribution in [0.25, 0.3) is 0 Å². The molecule has 2 nitrogen and oxygen atoms in total. The first kappa shape index (κ1) is 6.62. The summed E-state index contributed by atoms with van der Waals surface area (Å²) in [5.74, 6) is 0.795. The number of epoxide rings is 1. The van der Waals surface area contributed by atoms with E-state index in [9.17, 15) is 0 Å². The zero-order chi connectivity index (χ0) is 6.97. The number of hydrogen-bond donors (Lipinski definition) is 0. The van der Waals surface area contributed by atoms with Crippen molar-refractivity contribution in [3.05, 3.63) is 0 Å². The molecule has 0 amide bonds. The molecule has 2 rings (SSSR count). The summed E-state index contributed by atoms with van der Waals surface area (Å²) in [5.41, 5.74) is 0. The second kappa shape index (κ2) is 2.51. The van der Waals surface area contributed by atoms with Gasteiger partial charge in [-0.15, -0.1) is 0 Å². The summed E-state index contributed by atoms with van der Waals surface area (Å²) in [7, 11) is 0. The molecule has 2 heteroatoms. The molecular weight excluding hydrogens is 128 g/mol. The van der Waals surface area contributed by atoms with Crippen LogP contribution < -0.4 is 0 Å². The maximum Gasteiger partial charge on any atom is 0.0845 e. The third-order valence-corrected chi connectivity index (χ3v) is 2.38. The quantitative estimate of drug-likeness (QED) is 0.552. The Morgan fingerprint density at radius 2 is 2.10 bits per heavy atom. The van der Waals surface area contributed by atoms with Crippen molar-refractivity contribution in [1.29, 1.82) is 0 Å². The monoisotopic (exact) mass is 142 g/mol. The van der Waals surface area contributed by atoms with Crippen LogP contribution in [-0.4, -0.2) is 25.4 Å². The average molecular weight is 142 g/mol. The molecule has 1 heterocycles. The van der Waals surface area contributed by atoms with Gasteiger partial charge in [0.1, 0.15) is 0 Å². The van der Waals surface area contributed by atoms with Crippen LogP contribution in [0.2, 0.25) is 0 Å². The van der Waals surface area contributed by atoms with Gasteiger partial charge in [0.15, 0.2) is 0 Å². The van der Waals surface area contributed by atoms with Gasteiger partial charge >= 0.3 is 0 Å². The van der Waals surface area contributed by atoms with E-state index in [1.54, 1.807) is 0 Å². The van der Waals surface area contributed by atoms with Gasteiger partial charge in [-0.05, 0) is 25.7 Å². The molecular formula is C8H14O2. The van der Waals surface area contributed by atoms with Crippen molar-refractivity contribution in [3.8, 4) is 0 Å². The van der Waals surface area contributed by atoms with E-state index in [0.717, 1.165) is 19.1 Å². The van der Waals surface area contributed by atoms with E-state index in [-0.39, 0.29) is 0 Å². The molecule has 1 unspecified atom stereocenters. The Morgan fingerprint density at radius 1 is 1.40 bits per heavy atom. The maximum atomic E-state index is 5.33. The lowest BCUT2D eigenvalue weighted by atomic mass is 10.1. The highest BCUT2D eigenvalue weighted by Gasteiger charge is 2.47. The molecule has 2 aliphatic rings. The van der Waals surface area contributed by atoms with Gasteiger partial charge in [0.25, 0.3) is 0 Å². The molecule has 3 atom stereocenters. The lowest BCUT2D eigenvalue weighted by molar-refractivity contribution is 0.0958. The van der Waals surface area contributed by atoms with Crippen molar-refractivity contribution in [2.45, 2.75) is 32.0 Å². The van der Waals surface area contributed by atoms with E-state index < -0.39 is 0 Å². The summed E-state index contributed by atoms with van der Waals surface area (Å²) in [5, 5.41) is 0. The summed E-state index contributed by atoms with van der Waals surface area (Å²) in [6.07, 6.45) is 3.71. The molecule has 10 heavy (non-hydrogen) atoms. The van der Waals surface area contributed by atoms with Crippen molar-refractivity contribution in [3.63, 3.8) is 0 Å². The minimum absolute atomic E-state index is 0.616. The Kier molecular flexibility index (Phi) is 1.66. The van der Waals surface area contributed by atoms with Gasteiger partial charge in [0.05, 0.1) is 12.2 Å². The molecule has 0 spiro atoms. The summed E-state index contributed by atoms with van der Waals surface area (Å²) in [4.78, 5) is 0. The molecule has 1 saturated heterocycles. The van der Waals surface area contributed by atoms with Gasteiger partial charge < -0.3 is 9.47 Å². The third-order valence-electron chi connectivity index (χ3n) is 2.38. The summed E-state index contributed by atoms with van der Waals surface area (Å²) < 4.78 is 10.6. The summed E-state index contributed by atoms with van der Waals surface area (Å²) >= 11 is 0. The first-order valence-corrected chi connectivity index (χ1v) is 4.13. The van der Waals surface area contributed by atoms with Crippen LogP contribution in [0.5, 0.6) is 0 Å². The minimum atomic E-state index is 0.616. The molecule has 1 saturated carbocycles. The molecule has 0 N–H and O–H groups in total. The lowest BCUT2D eigenvalue weighted by Gasteiger charge is -2.09. The highest BCUT2D eigenvalue weighted by Crippen LogP contribution is 2.41. The fourth-order valence-corrected chi connectivity index (χ4v) is 1.77. The number of rotatable bonds is 3. The zero-order valence-electron chi connectivity index (χ0n) is 6.38. The smallest absolute Gasteiger partial charge is 0.0845 e. The molecule has 58 valence electrons. The van der Waals surface area contributed by atoms with Gasteiger partial charge in [-0.3, -0.25) is 0 Å². The Balaban J connectivity index is 1.66. The van der Waals surface area contributed by atoms with Crippen molar-refractivity contribution in [2.75, 3.05) is 13.2 Å². The average Bonchev–Trinajstić information content (AvgIpc) is 2.56. The van der Waals surface area contributed by atoms with Crippen LogP contribution in [0.3, 0.4) is 0 Å². The molecule has 1 aliphatic carbocycles. The topological polar surface area (TPSA) is 21.8 Å². The van der Waals surface area contributed by atoms with Crippen molar-refractivity contribution in [1.82, 2.24) is 0 Å². The van der Waals surface area contributed by atoms with E-state index >= 15 is 0 Å². The van der Waals surface area contributed by atoms with Crippen LogP contribution in [-0.2, 0) is 9.47 Å². The maximum absolute atomic E-state index is 5.33. The fourth-order valence-electron chi connectivity index (χ4n) is 1.77. The Morgan fingerprint density at radius 3 is 2.70 bits per heavy atom. The summed E-state index contributed by atoms with van der Waals surface area (Å²) in [6, 6.07) is 0. The molecule has 0 aromatic rings. The molecule has 0 bridgehead atoms. The predicted molar refractivity (Wildman–Crippen MR) is 37.9 cm³/mol. The largest absolute Gasteiger partial charge is 0.381 e. The van der Waals surface area contributed by atoms with Crippen molar-refractivity contribution < 1.29 is 9.47 Å². The molecule has 2 fully saturated rings. The highest BCUT2D eigenvalue weighted by atomic mass is 16.6. The van der Waals surface area contributed by atoms with Crippen molar-refractivity contribution >= 4 is 0 Å². The summed E-state index contributed by atoms with van der Waals surface area (Å²) in [6.45, 7) is 3.85. The van der Waals surface area contributed by atoms with E-state index in [1.165, 1.54) is 12.8 Å². The highest BCUT2D eigenvalue weighted by molar-refractivity contribution is 4.95. The Hall–Kier alpha value is -0.0800.